The monoisotopic (exact) mass is 480 g/mol. The number of nitrogens with one attached hydrogen (secondary N) is 2. The Balaban J connectivity index is 1.37. The number of carbonyl (C=O) groups excluding carboxylic acids is 2. The summed E-state index contributed by atoms with van der Waals surface area (Å²) in [4.78, 5) is 25.5. The smallest absolute Gasteiger partial charge is 0.408 e. The van der Waals surface area contributed by atoms with E-state index in [1.54, 1.807) is 0 Å². The van der Waals surface area contributed by atoms with Gasteiger partial charge in [0.2, 0.25) is 5.91 Å². The van der Waals surface area contributed by atoms with Crippen LogP contribution in [0.15, 0.2) is 42.0 Å². The number of epoxide rings is 2. The van der Waals surface area contributed by atoms with Crippen LogP contribution in [0.4, 0.5) is 4.79 Å². The first kappa shape index (κ1) is 25.3. The molecule has 7 nitrogen and oxygen atoms in total. The van der Waals surface area contributed by atoms with Crippen molar-refractivity contribution < 1.29 is 23.8 Å². The van der Waals surface area contributed by atoms with Gasteiger partial charge in [0.15, 0.2) is 0 Å². The second kappa shape index (κ2) is 10.4. The predicted octanol–water partition coefficient (Wildman–Crippen LogP) is 3.52. The number of hydrogen-bond donors (Lipinski definition) is 2. The van der Waals surface area contributed by atoms with Gasteiger partial charge in [-0.05, 0) is 52.0 Å². The van der Waals surface area contributed by atoms with Crippen molar-refractivity contribution in [1.29, 1.82) is 0 Å². The Bertz CT molecular complexity index is 992. The summed E-state index contributed by atoms with van der Waals surface area (Å²) in [6.07, 6.45) is 10.3. The standard InChI is InChI=1S/C28H36N2O5/c1-5-15-29-25(31)22(16-20-9-7-6-8-10-20)30-26(32)34-21-13-14-28(18-33-28)23(17-21)27(4)24(35-27)12-11-19(2)3/h1,6-11,21-24H,12-18H2,2-4H3,(H,29,31)(H,30,32)/t21-,22-,23-,24-,27-,28+/m1/s1. The van der Waals surface area contributed by atoms with E-state index in [-0.39, 0.29) is 41.8 Å². The maximum absolute atomic E-state index is 12.9. The van der Waals surface area contributed by atoms with Crippen LogP contribution in [-0.4, -0.2) is 54.6 Å². The number of amides is 2. The van der Waals surface area contributed by atoms with Gasteiger partial charge in [-0.2, -0.15) is 0 Å². The quantitative estimate of drug-likeness (QED) is 0.321. The fourth-order valence-corrected chi connectivity index (χ4v) is 5.33. The largest absolute Gasteiger partial charge is 0.446 e. The van der Waals surface area contributed by atoms with E-state index < -0.39 is 12.1 Å². The van der Waals surface area contributed by atoms with Crippen LogP contribution >= 0.6 is 0 Å². The third-order valence-electron chi connectivity index (χ3n) is 7.48. The van der Waals surface area contributed by atoms with Gasteiger partial charge in [0, 0.05) is 12.3 Å². The van der Waals surface area contributed by atoms with Gasteiger partial charge >= 0.3 is 6.09 Å². The third kappa shape index (κ3) is 6.06. The van der Waals surface area contributed by atoms with Crippen LogP contribution in [0.25, 0.3) is 0 Å². The van der Waals surface area contributed by atoms with Gasteiger partial charge in [-0.1, -0.05) is 47.9 Å². The summed E-state index contributed by atoms with van der Waals surface area (Å²) in [6, 6.07) is 8.74. The Hall–Kier alpha value is -2.82. The van der Waals surface area contributed by atoms with E-state index in [1.165, 1.54) is 5.57 Å². The highest BCUT2D eigenvalue weighted by molar-refractivity contribution is 5.86. The maximum Gasteiger partial charge on any atom is 0.408 e. The summed E-state index contributed by atoms with van der Waals surface area (Å²) in [5.41, 5.74) is 1.78. The SMILES string of the molecule is C#CCNC(=O)[C@@H](Cc1ccccc1)NC(=O)O[C@@H]1CC[C@]2(CO2)[C@@H]([C@@]2(C)O[C@@H]2CC=C(C)C)C1. The molecule has 3 fully saturated rings. The van der Waals surface area contributed by atoms with Crippen molar-refractivity contribution in [3.63, 3.8) is 0 Å². The first-order valence-electron chi connectivity index (χ1n) is 12.4. The van der Waals surface area contributed by atoms with E-state index in [4.69, 9.17) is 20.6 Å². The molecule has 1 aromatic rings. The molecule has 0 bridgehead atoms. The molecule has 7 heteroatoms. The predicted molar refractivity (Wildman–Crippen MR) is 133 cm³/mol. The van der Waals surface area contributed by atoms with Crippen LogP contribution in [-0.2, 0) is 25.4 Å². The lowest BCUT2D eigenvalue weighted by Gasteiger charge is -2.36. The Labute approximate surface area is 208 Å². The Morgan fingerprint density at radius 1 is 1.31 bits per heavy atom. The molecule has 2 heterocycles. The average molecular weight is 481 g/mol. The zero-order valence-electron chi connectivity index (χ0n) is 20.8. The summed E-state index contributed by atoms with van der Waals surface area (Å²) in [7, 11) is 0. The van der Waals surface area contributed by atoms with Gasteiger partial charge in [-0.25, -0.2) is 4.79 Å². The van der Waals surface area contributed by atoms with Gasteiger partial charge in [-0.3, -0.25) is 4.79 Å². The zero-order valence-corrected chi connectivity index (χ0v) is 20.8. The molecular formula is C28H36N2O5. The average Bonchev–Trinajstić information content (AvgIpc) is 3.75. The Kier molecular flexibility index (Phi) is 7.53. The number of allylic oxidation sites excluding steroid dienone is 1. The number of ether oxygens (including phenoxy) is 3. The Morgan fingerprint density at radius 3 is 2.71 bits per heavy atom. The number of rotatable bonds is 9. The highest BCUT2D eigenvalue weighted by Gasteiger charge is 2.68. The highest BCUT2D eigenvalue weighted by atomic mass is 16.6. The molecule has 2 N–H and O–H groups in total. The molecule has 1 aromatic carbocycles. The van der Waals surface area contributed by atoms with E-state index in [9.17, 15) is 9.59 Å². The molecule has 0 aromatic heterocycles. The van der Waals surface area contributed by atoms with Gasteiger partial charge < -0.3 is 24.8 Å². The zero-order chi connectivity index (χ0) is 25.1. The molecule has 2 saturated heterocycles. The van der Waals surface area contributed by atoms with Gasteiger partial charge in [0.25, 0.3) is 0 Å². The van der Waals surface area contributed by atoms with Crippen molar-refractivity contribution in [1.82, 2.24) is 10.6 Å². The summed E-state index contributed by atoms with van der Waals surface area (Å²) in [6.45, 7) is 7.16. The lowest BCUT2D eigenvalue weighted by molar-refractivity contribution is -0.122. The van der Waals surface area contributed by atoms with Crippen LogP contribution in [0.5, 0.6) is 0 Å². The molecule has 3 aliphatic rings. The van der Waals surface area contributed by atoms with Gasteiger partial charge in [0.1, 0.15) is 12.1 Å². The summed E-state index contributed by atoms with van der Waals surface area (Å²) < 4.78 is 17.9. The van der Waals surface area contributed by atoms with Gasteiger partial charge in [-0.15, -0.1) is 6.42 Å². The number of hydrogen-bond acceptors (Lipinski definition) is 5. The molecule has 1 saturated carbocycles. The summed E-state index contributed by atoms with van der Waals surface area (Å²) >= 11 is 0. The van der Waals surface area contributed by atoms with E-state index in [2.05, 4.69) is 43.4 Å². The molecular weight excluding hydrogens is 444 g/mol. The number of terminal acetylenes is 1. The fourth-order valence-electron chi connectivity index (χ4n) is 5.33. The maximum atomic E-state index is 12.9. The minimum Gasteiger partial charge on any atom is -0.446 e. The van der Waals surface area contributed by atoms with Crippen molar-refractivity contribution in [2.45, 2.75) is 82.3 Å². The van der Waals surface area contributed by atoms with E-state index >= 15 is 0 Å². The molecule has 0 unspecified atom stereocenters. The number of benzene rings is 1. The molecule has 188 valence electrons. The lowest BCUT2D eigenvalue weighted by Crippen LogP contribution is -2.50. The van der Waals surface area contributed by atoms with E-state index in [1.807, 2.05) is 30.3 Å². The van der Waals surface area contributed by atoms with Crippen molar-refractivity contribution in [3.8, 4) is 12.3 Å². The fraction of sp³-hybridized carbons (Fsp3) is 0.571. The molecule has 1 spiro atoms. The lowest BCUT2D eigenvalue weighted by atomic mass is 9.70. The van der Waals surface area contributed by atoms with E-state index in [0.29, 0.717) is 12.8 Å². The van der Waals surface area contributed by atoms with Crippen LogP contribution in [0.1, 0.15) is 52.0 Å². The summed E-state index contributed by atoms with van der Waals surface area (Å²) in [5.74, 6) is 2.22. The van der Waals surface area contributed by atoms with Gasteiger partial charge in [0.05, 0.1) is 30.5 Å². The first-order valence-corrected chi connectivity index (χ1v) is 12.4. The van der Waals surface area contributed by atoms with Crippen molar-refractivity contribution in [2.75, 3.05) is 13.2 Å². The second-order valence-corrected chi connectivity index (χ2v) is 10.3. The van der Waals surface area contributed by atoms with Crippen LogP contribution < -0.4 is 10.6 Å². The van der Waals surface area contributed by atoms with Crippen molar-refractivity contribution in [3.05, 3.63) is 47.5 Å². The van der Waals surface area contributed by atoms with Crippen molar-refractivity contribution >= 4 is 12.0 Å². The third-order valence-corrected chi connectivity index (χ3v) is 7.48. The first-order chi connectivity index (χ1) is 16.8. The highest BCUT2D eigenvalue weighted by Crippen LogP contribution is 2.59. The summed E-state index contributed by atoms with van der Waals surface area (Å²) in [5, 5.41) is 5.41. The van der Waals surface area contributed by atoms with Crippen LogP contribution in [0.3, 0.4) is 0 Å². The minimum atomic E-state index is -0.784. The topological polar surface area (TPSA) is 92.5 Å². The van der Waals surface area contributed by atoms with Crippen molar-refractivity contribution in [2.24, 2.45) is 5.92 Å². The van der Waals surface area contributed by atoms with Crippen LogP contribution in [0, 0.1) is 18.3 Å². The number of carbonyl (C=O) groups is 2. The molecule has 2 amide bonds. The molecule has 35 heavy (non-hydrogen) atoms. The van der Waals surface area contributed by atoms with Crippen LogP contribution in [0.2, 0.25) is 0 Å². The molecule has 6 atom stereocenters. The van der Waals surface area contributed by atoms with E-state index in [0.717, 1.165) is 31.4 Å². The Morgan fingerprint density at radius 2 is 2.06 bits per heavy atom. The normalized spacial score (nSPS) is 31.5. The minimum absolute atomic E-state index is 0.0970. The molecule has 1 aliphatic carbocycles. The molecule has 0 radical (unpaired) electrons. The molecule has 2 aliphatic heterocycles. The number of alkyl carbamates (subject to hydrolysis) is 1. The molecule has 4 rings (SSSR count). The second-order valence-electron chi connectivity index (χ2n) is 10.3.